The van der Waals surface area contributed by atoms with Crippen molar-refractivity contribution in [2.24, 2.45) is 0 Å². The SMILES string of the molecule is CC(=O)c1c([C@@H]2C[C@H]3CC[C@@H](C2)N3C[C@@H](C)O)nc2c(-c3ccc(-c4ncc[nH]4)nc3)cnn2c1N. The number of imidazole rings is 1. The van der Waals surface area contributed by atoms with Crippen molar-refractivity contribution in [2.45, 2.75) is 63.6 Å². The molecule has 0 spiro atoms. The smallest absolute Gasteiger partial charge is 0.165 e. The molecule has 0 radical (unpaired) electrons. The van der Waals surface area contributed by atoms with Crippen LogP contribution in [-0.2, 0) is 0 Å². The van der Waals surface area contributed by atoms with E-state index in [0.29, 0.717) is 41.5 Å². The van der Waals surface area contributed by atoms with Gasteiger partial charge in [-0.25, -0.2) is 9.97 Å². The van der Waals surface area contributed by atoms with Gasteiger partial charge in [-0.05, 0) is 45.6 Å². The number of Topliss-reactive ketones (excluding diaryl/α,β-unsaturated/α-hetero) is 1. The summed E-state index contributed by atoms with van der Waals surface area (Å²) in [7, 11) is 0. The summed E-state index contributed by atoms with van der Waals surface area (Å²) in [6, 6.07) is 4.63. The van der Waals surface area contributed by atoms with Crippen molar-refractivity contribution >= 4 is 17.2 Å². The average molecular weight is 487 g/mol. The number of anilines is 1. The fourth-order valence-corrected chi connectivity index (χ4v) is 6.09. The first-order chi connectivity index (χ1) is 17.4. The van der Waals surface area contributed by atoms with Crippen LogP contribution in [-0.4, -0.2) is 70.1 Å². The van der Waals surface area contributed by atoms with E-state index in [4.69, 9.17) is 10.7 Å². The minimum absolute atomic E-state index is 0.0998. The Morgan fingerprint density at radius 3 is 2.61 bits per heavy atom. The Balaban J connectivity index is 1.40. The van der Waals surface area contributed by atoms with Crippen LogP contribution in [0.5, 0.6) is 0 Å². The third kappa shape index (κ3) is 3.77. The molecule has 4 aromatic rings. The van der Waals surface area contributed by atoms with Crippen molar-refractivity contribution in [1.82, 2.24) is 34.4 Å². The van der Waals surface area contributed by atoms with Crippen molar-refractivity contribution in [1.29, 1.82) is 0 Å². The number of nitrogens with two attached hydrogens (primary N) is 1. The summed E-state index contributed by atoms with van der Waals surface area (Å²) in [5.74, 6) is 1.06. The molecule has 2 aliphatic heterocycles. The maximum Gasteiger partial charge on any atom is 0.165 e. The van der Waals surface area contributed by atoms with Crippen LogP contribution in [0.2, 0.25) is 0 Å². The standard InChI is InChI=1S/C26H30N8O2/c1-14(35)13-33-18-4-5-19(33)10-17(9-18)23-22(15(2)36)24(27)34-26(32-23)20(12-31-34)16-3-6-21(30-11-16)25-28-7-8-29-25/h3,6-8,11-12,14,17-19,35H,4-5,9-10,13,27H2,1-2H3,(H,28,29)/t14-,17-,18-,19+/m1/s1. The van der Waals surface area contributed by atoms with Crippen LogP contribution in [0.4, 0.5) is 5.82 Å². The van der Waals surface area contributed by atoms with Crippen LogP contribution in [0, 0.1) is 0 Å². The van der Waals surface area contributed by atoms with Crippen molar-refractivity contribution in [3.63, 3.8) is 0 Å². The molecule has 4 aromatic heterocycles. The lowest BCUT2D eigenvalue weighted by Gasteiger charge is -2.39. The quantitative estimate of drug-likeness (QED) is 0.354. The van der Waals surface area contributed by atoms with Gasteiger partial charge >= 0.3 is 0 Å². The highest BCUT2D eigenvalue weighted by Gasteiger charge is 2.43. The Kier molecular flexibility index (Phi) is 5.57. The van der Waals surface area contributed by atoms with Gasteiger partial charge in [-0.15, -0.1) is 0 Å². The Bertz CT molecular complexity index is 1400. The number of fused-ring (bicyclic) bond motifs is 3. The van der Waals surface area contributed by atoms with Crippen LogP contribution >= 0.6 is 0 Å². The molecule has 10 nitrogen and oxygen atoms in total. The molecule has 0 aromatic carbocycles. The van der Waals surface area contributed by atoms with E-state index in [1.165, 1.54) is 0 Å². The van der Waals surface area contributed by atoms with Crippen molar-refractivity contribution in [3.8, 4) is 22.6 Å². The summed E-state index contributed by atoms with van der Waals surface area (Å²) < 4.78 is 1.56. The van der Waals surface area contributed by atoms with Crippen LogP contribution in [0.15, 0.2) is 36.9 Å². The molecule has 6 heterocycles. The number of nitrogens with one attached hydrogen (secondary N) is 1. The first-order valence-corrected chi connectivity index (χ1v) is 12.5. The van der Waals surface area contributed by atoms with E-state index in [0.717, 1.165) is 48.2 Å². The molecule has 0 amide bonds. The molecule has 36 heavy (non-hydrogen) atoms. The molecular formula is C26H30N8O2. The number of aromatic amines is 1. The number of H-pyrrole nitrogens is 1. The van der Waals surface area contributed by atoms with Gasteiger partial charge in [-0.1, -0.05) is 6.07 Å². The molecule has 0 saturated carbocycles. The van der Waals surface area contributed by atoms with Gasteiger partial charge in [0.25, 0.3) is 0 Å². The summed E-state index contributed by atoms with van der Waals surface area (Å²) in [4.78, 5) is 32.1. The largest absolute Gasteiger partial charge is 0.392 e. The Morgan fingerprint density at radius 1 is 1.22 bits per heavy atom. The second kappa shape index (κ2) is 8.79. The van der Waals surface area contributed by atoms with Crippen molar-refractivity contribution in [3.05, 3.63) is 48.2 Å². The van der Waals surface area contributed by atoms with Gasteiger partial charge in [0.05, 0.1) is 23.6 Å². The molecule has 4 N–H and O–H groups in total. The fraction of sp³-hybridized carbons (Fsp3) is 0.423. The molecule has 186 valence electrons. The van der Waals surface area contributed by atoms with Crippen LogP contribution in [0.1, 0.15) is 61.5 Å². The summed E-state index contributed by atoms with van der Waals surface area (Å²) in [5, 5.41) is 14.5. The number of carbonyl (C=O) groups is 1. The predicted molar refractivity (Wildman–Crippen MR) is 135 cm³/mol. The second-order valence-electron chi connectivity index (χ2n) is 10.1. The first-order valence-electron chi connectivity index (χ1n) is 12.5. The number of nitrogen functional groups attached to an aromatic ring is 1. The van der Waals surface area contributed by atoms with Gasteiger partial charge in [0, 0.05) is 54.3 Å². The van der Waals surface area contributed by atoms with Gasteiger partial charge < -0.3 is 15.8 Å². The van der Waals surface area contributed by atoms with Crippen LogP contribution in [0.25, 0.3) is 28.3 Å². The molecule has 6 rings (SSSR count). The Morgan fingerprint density at radius 2 is 2.00 bits per heavy atom. The molecule has 0 unspecified atom stereocenters. The summed E-state index contributed by atoms with van der Waals surface area (Å²) in [6.45, 7) is 4.07. The predicted octanol–water partition coefficient (Wildman–Crippen LogP) is 3.06. The van der Waals surface area contributed by atoms with E-state index >= 15 is 0 Å². The average Bonchev–Trinajstić information content (AvgIpc) is 3.57. The van der Waals surface area contributed by atoms with Gasteiger partial charge in [0.1, 0.15) is 11.5 Å². The summed E-state index contributed by atoms with van der Waals surface area (Å²) >= 11 is 0. The zero-order chi connectivity index (χ0) is 25.0. The number of pyridine rings is 1. The number of aromatic nitrogens is 6. The van der Waals surface area contributed by atoms with Crippen LogP contribution < -0.4 is 5.73 Å². The number of aliphatic hydroxyl groups excluding tert-OH is 1. The lowest BCUT2D eigenvalue weighted by molar-refractivity contribution is 0.0637. The molecule has 2 saturated heterocycles. The first kappa shape index (κ1) is 22.8. The molecule has 2 fully saturated rings. The number of aliphatic hydroxyl groups is 1. The maximum atomic E-state index is 12.8. The fourth-order valence-electron chi connectivity index (χ4n) is 6.09. The molecule has 2 aliphatic rings. The lowest BCUT2D eigenvalue weighted by atomic mass is 9.85. The zero-order valence-electron chi connectivity index (χ0n) is 20.4. The third-order valence-corrected chi connectivity index (χ3v) is 7.62. The van der Waals surface area contributed by atoms with Crippen LogP contribution in [0.3, 0.4) is 0 Å². The van der Waals surface area contributed by atoms with E-state index in [2.05, 4.69) is 25.0 Å². The highest BCUT2D eigenvalue weighted by atomic mass is 16.3. The van der Waals surface area contributed by atoms with E-state index < -0.39 is 0 Å². The normalized spacial score (nSPS) is 22.8. The molecular weight excluding hydrogens is 456 g/mol. The van der Waals surface area contributed by atoms with Gasteiger partial charge in [-0.3, -0.25) is 14.7 Å². The number of hydrogen-bond donors (Lipinski definition) is 3. The van der Waals surface area contributed by atoms with Gasteiger partial charge in [0.15, 0.2) is 17.3 Å². The van der Waals surface area contributed by atoms with Crippen molar-refractivity contribution < 1.29 is 9.90 Å². The number of rotatable bonds is 6. The molecule has 0 aliphatic carbocycles. The number of carbonyl (C=O) groups excluding carboxylic acids is 1. The number of nitrogens with zero attached hydrogens (tertiary/aromatic N) is 6. The monoisotopic (exact) mass is 486 g/mol. The zero-order valence-corrected chi connectivity index (χ0v) is 20.4. The highest BCUT2D eigenvalue weighted by molar-refractivity contribution is 6.00. The van der Waals surface area contributed by atoms with Gasteiger partial charge in [-0.2, -0.15) is 9.61 Å². The topological polar surface area (TPSA) is 138 Å². The summed E-state index contributed by atoms with van der Waals surface area (Å²) in [6.07, 6.45) is 10.6. The number of piperidine rings is 1. The Hall–Kier alpha value is -3.63. The lowest BCUT2D eigenvalue weighted by Crippen LogP contribution is -2.45. The van der Waals surface area contributed by atoms with E-state index in [1.807, 2.05) is 19.1 Å². The van der Waals surface area contributed by atoms with E-state index in [9.17, 15) is 9.90 Å². The maximum absolute atomic E-state index is 12.8. The molecule has 4 atom stereocenters. The second-order valence-corrected chi connectivity index (χ2v) is 10.1. The van der Waals surface area contributed by atoms with E-state index in [1.54, 1.807) is 36.2 Å². The van der Waals surface area contributed by atoms with E-state index in [-0.39, 0.29) is 17.8 Å². The van der Waals surface area contributed by atoms with Crippen molar-refractivity contribution in [2.75, 3.05) is 12.3 Å². The number of hydrogen-bond acceptors (Lipinski definition) is 8. The third-order valence-electron chi connectivity index (χ3n) is 7.62. The minimum atomic E-state index is -0.357. The molecule has 2 bridgehead atoms. The minimum Gasteiger partial charge on any atom is -0.392 e. The van der Waals surface area contributed by atoms with Gasteiger partial charge in [0.2, 0.25) is 0 Å². The molecule has 10 heteroatoms. The number of ketones is 1. The summed E-state index contributed by atoms with van der Waals surface area (Å²) in [5.41, 5.74) is 10.8. The Labute approximate surface area is 208 Å². The highest BCUT2D eigenvalue weighted by Crippen LogP contribution is 2.44.